The van der Waals surface area contributed by atoms with Gasteiger partial charge < -0.3 is 14.8 Å². The summed E-state index contributed by atoms with van der Waals surface area (Å²) in [6, 6.07) is 7.15. The van der Waals surface area contributed by atoms with Crippen LogP contribution >= 0.6 is 11.6 Å². The predicted molar refractivity (Wildman–Crippen MR) is 94.4 cm³/mol. The third-order valence-corrected chi connectivity index (χ3v) is 3.78. The topological polar surface area (TPSA) is 78.3 Å². The Morgan fingerprint density at radius 3 is 2.48 bits per heavy atom. The number of rotatable bonds is 9. The second-order valence-corrected chi connectivity index (χ2v) is 5.85. The Bertz CT molecular complexity index is 669. The number of hydrogen-bond donors (Lipinski definition) is 1. The molecule has 0 radical (unpaired) electrons. The largest absolute Gasteiger partial charge is 0.351 e. The first-order valence-electron chi connectivity index (χ1n) is 8.23. The molecule has 1 amide bonds. The smallest absolute Gasteiger partial charge is 0.273 e. The molecule has 0 saturated heterocycles. The lowest BCUT2D eigenvalue weighted by Gasteiger charge is -2.16. The quantitative estimate of drug-likeness (QED) is 0.690. The molecule has 0 aliphatic rings. The summed E-state index contributed by atoms with van der Waals surface area (Å²) in [7, 11) is 0. The number of nitrogens with zero attached hydrogens (tertiary/aromatic N) is 3. The Hall–Kier alpha value is -1.96. The highest BCUT2D eigenvalue weighted by Gasteiger charge is 2.16. The second-order valence-electron chi connectivity index (χ2n) is 5.41. The SMILES string of the molecule is CCOC(Cn1cc(C(=O)NC(C)c2ccc(Cl)cc2)nn1)OCC. The summed E-state index contributed by atoms with van der Waals surface area (Å²) < 4.78 is 12.5. The average Bonchev–Trinajstić information content (AvgIpc) is 3.04. The maximum atomic E-state index is 12.3. The summed E-state index contributed by atoms with van der Waals surface area (Å²) in [5.74, 6) is -0.293. The number of amides is 1. The maximum Gasteiger partial charge on any atom is 0.273 e. The predicted octanol–water partition coefficient (Wildman–Crippen LogP) is 2.82. The van der Waals surface area contributed by atoms with Gasteiger partial charge in [0.15, 0.2) is 12.0 Å². The lowest BCUT2D eigenvalue weighted by atomic mass is 10.1. The van der Waals surface area contributed by atoms with Crippen molar-refractivity contribution in [3.8, 4) is 0 Å². The van der Waals surface area contributed by atoms with Gasteiger partial charge >= 0.3 is 0 Å². The van der Waals surface area contributed by atoms with E-state index in [0.29, 0.717) is 24.8 Å². The van der Waals surface area contributed by atoms with Crippen LogP contribution in [0.1, 0.15) is 42.9 Å². The van der Waals surface area contributed by atoms with Crippen molar-refractivity contribution in [2.75, 3.05) is 13.2 Å². The molecule has 1 aromatic heterocycles. The van der Waals surface area contributed by atoms with Crippen molar-refractivity contribution in [2.24, 2.45) is 0 Å². The highest BCUT2D eigenvalue weighted by Crippen LogP contribution is 2.16. The zero-order valence-electron chi connectivity index (χ0n) is 14.6. The lowest BCUT2D eigenvalue weighted by Crippen LogP contribution is -2.27. The van der Waals surface area contributed by atoms with Crippen LogP contribution in [0.5, 0.6) is 0 Å². The molecule has 2 aromatic rings. The van der Waals surface area contributed by atoms with Crippen molar-refractivity contribution < 1.29 is 14.3 Å². The van der Waals surface area contributed by atoms with Crippen molar-refractivity contribution in [3.05, 3.63) is 46.7 Å². The fourth-order valence-corrected chi connectivity index (χ4v) is 2.40. The first-order valence-corrected chi connectivity index (χ1v) is 8.61. The van der Waals surface area contributed by atoms with Gasteiger partial charge in [0.05, 0.1) is 18.8 Å². The molecule has 1 atom stereocenters. The van der Waals surface area contributed by atoms with E-state index in [9.17, 15) is 4.79 Å². The molecule has 0 bridgehead atoms. The molecular weight excluding hydrogens is 344 g/mol. The third kappa shape index (κ3) is 5.81. The van der Waals surface area contributed by atoms with Crippen molar-refractivity contribution in [1.29, 1.82) is 0 Å². The van der Waals surface area contributed by atoms with Crippen molar-refractivity contribution in [2.45, 2.75) is 39.6 Å². The van der Waals surface area contributed by atoms with E-state index in [2.05, 4.69) is 15.6 Å². The highest BCUT2D eigenvalue weighted by atomic mass is 35.5. The van der Waals surface area contributed by atoms with Gasteiger partial charge in [0.1, 0.15) is 0 Å². The van der Waals surface area contributed by atoms with Gasteiger partial charge in [-0.1, -0.05) is 28.9 Å². The molecule has 136 valence electrons. The van der Waals surface area contributed by atoms with E-state index in [1.165, 1.54) is 4.68 Å². The number of aromatic nitrogens is 3. The number of ether oxygens (including phenoxy) is 2. The average molecular weight is 367 g/mol. The molecule has 25 heavy (non-hydrogen) atoms. The van der Waals surface area contributed by atoms with Crippen LogP contribution in [-0.2, 0) is 16.0 Å². The van der Waals surface area contributed by atoms with E-state index in [1.807, 2.05) is 32.9 Å². The number of carbonyl (C=O) groups excluding carboxylic acids is 1. The van der Waals surface area contributed by atoms with E-state index >= 15 is 0 Å². The number of halogens is 1. The first kappa shape index (κ1) is 19.4. The molecule has 2 rings (SSSR count). The summed E-state index contributed by atoms with van der Waals surface area (Å²) >= 11 is 5.88. The van der Waals surface area contributed by atoms with Gasteiger partial charge in [-0.15, -0.1) is 5.10 Å². The normalized spacial score (nSPS) is 12.4. The highest BCUT2D eigenvalue weighted by molar-refractivity contribution is 6.30. The van der Waals surface area contributed by atoms with Gasteiger partial charge in [-0.25, -0.2) is 4.68 Å². The first-order chi connectivity index (χ1) is 12.0. The Balaban J connectivity index is 1.96. The summed E-state index contributed by atoms with van der Waals surface area (Å²) in [6.07, 6.45) is 1.16. The van der Waals surface area contributed by atoms with E-state index in [1.54, 1.807) is 18.3 Å². The summed E-state index contributed by atoms with van der Waals surface area (Å²) in [5.41, 5.74) is 1.20. The maximum absolute atomic E-state index is 12.3. The molecule has 0 saturated carbocycles. The molecular formula is C17H23ClN4O3. The minimum atomic E-state index is -0.416. The van der Waals surface area contributed by atoms with Gasteiger partial charge in [-0.3, -0.25) is 4.79 Å². The molecule has 1 unspecified atom stereocenters. The fraction of sp³-hybridized carbons (Fsp3) is 0.471. The Labute approximate surface area is 152 Å². The van der Waals surface area contributed by atoms with Gasteiger partial charge in [-0.05, 0) is 38.5 Å². The number of carbonyl (C=O) groups is 1. The Kier molecular flexibility index (Phi) is 7.36. The van der Waals surface area contributed by atoms with Crippen LogP contribution in [0.3, 0.4) is 0 Å². The van der Waals surface area contributed by atoms with E-state index in [4.69, 9.17) is 21.1 Å². The van der Waals surface area contributed by atoms with Crippen LogP contribution in [0.2, 0.25) is 5.02 Å². The van der Waals surface area contributed by atoms with Crippen molar-refractivity contribution in [1.82, 2.24) is 20.3 Å². The number of benzene rings is 1. The third-order valence-electron chi connectivity index (χ3n) is 3.53. The van der Waals surface area contributed by atoms with Crippen LogP contribution in [0.15, 0.2) is 30.5 Å². The summed E-state index contributed by atoms with van der Waals surface area (Å²) in [5, 5.41) is 11.4. The van der Waals surface area contributed by atoms with Crippen molar-refractivity contribution in [3.63, 3.8) is 0 Å². The molecule has 1 heterocycles. The molecule has 0 fully saturated rings. The minimum absolute atomic E-state index is 0.172. The lowest BCUT2D eigenvalue weighted by molar-refractivity contribution is -0.145. The van der Waals surface area contributed by atoms with Gasteiger partial charge in [-0.2, -0.15) is 0 Å². The molecule has 0 aliphatic heterocycles. The van der Waals surface area contributed by atoms with E-state index in [-0.39, 0.29) is 17.6 Å². The Morgan fingerprint density at radius 2 is 1.88 bits per heavy atom. The van der Waals surface area contributed by atoms with Gasteiger partial charge in [0.2, 0.25) is 0 Å². The van der Waals surface area contributed by atoms with Gasteiger partial charge in [0, 0.05) is 18.2 Å². The zero-order valence-corrected chi connectivity index (χ0v) is 15.4. The molecule has 0 spiro atoms. The molecule has 1 aromatic carbocycles. The standard InChI is InChI=1S/C17H23ClN4O3/c1-4-24-16(25-5-2)11-22-10-15(20-21-22)17(23)19-12(3)13-6-8-14(18)9-7-13/h6-10,12,16H,4-5,11H2,1-3H3,(H,19,23). The molecule has 1 N–H and O–H groups in total. The van der Waals surface area contributed by atoms with Crippen LogP contribution in [0, 0.1) is 0 Å². The summed E-state index contributed by atoms with van der Waals surface area (Å²) in [6.45, 7) is 7.12. The Morgan fingerprint density at radius 1 is 1.24 bits per heavy atom. The monoisotopic (exact) mass is 366 g/mol. The summed E-state index contributed by atoms with van der Waals surface area (Å²) in [4.78, 5) is 12.3. The molecule has 0 aliphatic carbocycles. The van der Waals surface area contributed by atoms with Crippen LogP contribution in [-0.4, -0.2) is 40.4 Å². The molecule has 7 nitrogen and oxygen atoms in total. The number of nitrogens with one attached hydrogen (secondary N) is 1. The molecule has 8 heteroatoms. The van der Waals surface area contributed by atoms with E-state index in [0.717, 1.165) is 5.56 Å². The van der Waals surface area contributed by atoms with Gasteiger partial charge in [0.25, 0.3) is 5.91 Å². The zero-order chi connectivity index (χ0) is 18.2. The fourth-order valence-electron chi connectivity index (χ4n) is 2.28. The number of hydrogen-bond acceptors (Lipinski definition) is 5. The van der Waals surface area contributed by atoms with Crippen molar-refractivity contribution >= 4 is 17.5 Å². The van der Waals surface area contributed by atoms with E-state index < -0.39 is 6.29 Å². The van der Waals surface area contributed by atoms with Crippen LogP contribution < -0.4 is 5.32 Å². The minimum Gasteiger partial charge on any atom is -0.351 e. The van der Waals surface area contributed by atoms with Crippen LogP contribution in [0.25, 0.3) is 0 Å². The van der Waals surface area contributed by atoms with Crippen LogP contribution in [0.4, 0.5) is 0 Å². The second kappa shape index (κ2) is 9.50.